The predicted octanol–water partition coefficient (Wildman–Crippen LogP) is 3.73. The second-order valence-electron chi connectivity index (χ2n) is 8.75. The number of carbonyl (C=O) groups is 3. The van der Waals surface area contributed by atoms with Crippen molar-refractivity contribution < 1.29 is 27.6 Å². The standard InChI is InChI=1S/C23H21F3N6O3S/c24-19-12(1-2-15(31-19)30-11-3-6-23(25,26)7-4-11)18(34)13-9-27-20-16(13)21(29-10-28-20)32-17-14(33)5-8-36-22(17)35/h1-2,9-11,17H,3-8H2,(H,30,31)(H2,27,28,29,32). The fourth-order valence-corrected chi connectivity index (χ4v) is 5.22. The van der Waals surface area contributed by atoms with E-state index in [9.17, 15) is 27.6 Å². The lowest BCUT2D eigenvalue weighted by Crippen LogP contribution is -2.39. The number of nitrogens with one attached hydrogen (secondary N) is 3. The molecule has 13 heteroatoms. The zero-order valence-corrected chi connectivity index (χ0v) is 19.6. The van der Waals surface area contributed by atoms with Crippen LogP contribution in [0.2, 0.25) is 0 Å². The smallest absolute Gasteiger partial charge is 0.248 e. The maximum absolute atomic E-state index is 14.9. The number of Topliss-reactive ketones (excluding diaryl/α,β-unsaturated/α-hetero) is 1. The van der Waals surface area contributed by atoms with E-state index in [0.717, 1.165) is 11.8 Å². The Hall–Kier alpha value is -3.48. The maximum atomic E-state index is 14.9. The van der Waals surface area contributed by atoms with Gasteiger partial charge in [-0.2, -0.15) is 4.39 Å². The molecule has 1 unspecified atom stereocenters. The van der Waals surface area contributed by atoms with Gasteiger partial charge < -0.3 is 15.6 Å². The molecule has 3 aromatic heterocycles. The molecular formula is C23H21F3N6O3S. The SMILES string of the molecule is O=C(c1ccc(NC2CCC(F)(F)CC2)nc1F)c1c[nH]c2ncnc(NC3C(=O)CCSC3=O)c12. The Morgan fingerprint density at radius 1 is 1.11 bits per heavy atom. The third kappa shape index (κ3) is 4.79. The number of fused-ring (bicyclic) bond motifs is 1. The fraction of sp³-hybridized carbons (Fsp3) is 0.391. The number of aromatic nitrogens is 4. The number of carbonyl (C=O) groups excluding carboxylic acids is 3. The predicted molar refractivity (Wildman–Crippen MR) is 127 cm³/mol. The third-order valence-corrected chi connectivity index (χ3v) is 7.24. The molecule has 9 nitrogen and oxygen atoms in total. The Morgan fingerprint density at radius 2 is 1.89 bits per heavy atom. The number of ketones is 2. The van der Waals surface area contributed by atoms with Crippen LogP contribution in [0, 0.1) is 5.95 Å². The van der Waals surface area contributed by atoms with Crippen molar-refractivity contribution in [1.82, 2.24) is 19.9 Å². The van der Waals surface area contributed by atoms with Gasteiger partial charge in [-0.15, -0.1) is 0 Å². The zero-order chi connectivity index (χ0) is 25.4. The van der Waals surface area contributed by atoms with Crippen LogP contribution in [0.1, 0.15) is 48.0 Å². The summed E-state index contributed by atoms with van der Waals surface area (Å²) in [6, 6.07) is 1.32. The minimum atomic E-state index is -2.68. The van der Waals surface area contributed by atoms with Crippen molar-refractivity contribution in [1.29, 1.82) is 0 Å². The summed E-state index contributed by atoms with van der Waals surface area (Å²) in [7, 11) is 0. The number of alkyl halides is 2. The molecule has 0 aromatic carbocycles. The number of hydrogen-bond donors (Lipinski definition) is 3. The van der Waals surface area contributed by atoms with Crippen molar-refractivity contribution in [3.05, 3.63) is 41.7 Å². The number of hydrogen-bond acceptors (Lipinski definition) is 9. The highest BCUT2D eigenvalue weighted by Crippen LogP contribution is 2.34. The van der Waals surface area contributed by atoms with E-state index in [0.29, 0.717) is 5.75 Å². The van der Waals surface area contributed by atoms with Gasteiger partial charge in [-0.25, -0.2) is 23.7 Å². The van der Waals surface area contributed by atoms with Gasteiger partial charge in [-0.05, 0) is 25.0 Å². The summed E-state index contributed by atoms with van der Waals surface area (Å²) in [6.07, 6.45) is 2.74. The van der Waals surface area contributed by atoms with Crippen molar-refractivity contribution in [2.24, 2.45) is 0 Å². The summed E-state index contributed by atoms with van der Waals surface area (Å²) in [4.78, 5) is 52.6. The Labute approximate surface area is 207 Å². The first-order chi connectivity index (χ1) is 17.2. The first-order valence-electron chi connectivity index (χ1n) is 11.4. The average Bonchev–Trinajstić information content (AvgIpc) is 3.28. The number of halogens is 3. The van der Waals surface area contributed by atoms with Crippen LogP contribution in [-0.2, 0) is 9.59 Å². The molecular weight excluding hydrogens is 497 g/mol. The minimum Gasteiger partial charge on any atom is -0.367 e. The second-order valence-corrected chi connectivity index (χ2v) is 9.85. The molecule has 2 aliphatic rings. The maximum Gasteiger partial charge on any atom is 0.248 e. The first-order valence-corrected chi connectivity index (χ1v) is 12.3. The number of aromatic amines is 1. The van der Waals surface area contributed by atoms with Gasteiger partial charge in [0, 0.05) is 37.3 Å². The van der Waals surface area contributed by atoms with Gasteiger partial charge in [0.1, 0.15) is 23.6 Å². The molecule has 3 N–H and O–H groups in total. The van der Waals surface area contributed by atoms with Crippen molar-refractivity contribution in [2.45, 2.75) is 50.1 Å². The van der Waals surface area contributed by atoms with E-state index in [-0.39, 0.29) is 82.8 Å². The highest BCUT2D eigenvalue weighted by atomic mass is 32.2. The molecule has 5 rings (SSSR count). The number of thioether (sulfide) groups is 1. The quantitative estimate of drug-likeness (QED) is 0.254. The Kier molecular flexibility index (Phi) is 6.41. The Balaban J connectivity index is 1.39. The summed E-state index contributed by atoms with van der Waals surface area (Å²) < 4.78 is 41.7. The number of anilines is 2. The van der Waals surface area contributed by atoms with Crippen LogP contribution in [0.5, 0.6) is 0 Å². The second kappa shape index (κ2) is 9.52. The van der Waals surface area contributed by atoms with Gasteiger partial charge in [0.25, 0.3) is 0 Å². The molecule has 188 valence electrons. The van der Waals surface area contributed by atoms with Crippen molar-refractivity contribution in [2.75, 3.05) is 16.4 Å². The Morgan fingerprint density at radius 3 is 2.61 bits per heavy atom. The van der Waals surface area contributed by atoms with E-state index in [1.54, 1.807) is 0 Å². The first kappa shape index (κ1) is 24.2. The molecule has 0 spiro atoms. The summed E-state index contributed by atoms with van der Waals surface area (Å²) in [6.45, 7) is 0. The number of rotatable bonds is 6. The van der Waals surface area contributed by atoms with Crippen LogP contribution < -0.4 is 10.6 Å². The van der Waals surface area contributed by atoms with Gasteiger partial charge in [-0.1, -0.05) is 11.8 Å². The molecule has 0 radical (unpaired) electrons. The summed E-state index contributed by atoms with van der Waals surface area (Å²) in [5.74, 6) is -4.04. The molecule has 0 amide bonds. The van der Waals surface area contributed by atoms with Crippen LogP contribution >= 0.6 is 11.8 Å². The van der Waals surface area contributed by atoms with E-state index in [2.05, 4.69) is 30.6 Å². The van der Waals surface area contributed by atoms with Crippen LogP contribution in [0.4, 0.5) is 24.8 Å². The van der Waals surface area contributed by atoms with Crippen molar-refractivity contribution in [3.8, 4) is 0 Å². The van der Waals surface area contributed by atoms with Gasteiger partial charge in [0.05, 0.1) is 16.5 Å². The zero-order valence-electron chi connectivity index (χ0n) is 18.8. The molecule has 2 fully saturated rings. The summed E-state index contributed by atoms with van der Waals surface area (Å²) >= 11 is 1.04. The highest BCUT2D eigenvalue weighted by molar-refractivity contribution is 8.14. The number of nitrogens with zero attached hydrogens (tertiary/aromatic N) is 3. The average molecular weight is 519 g/mol. The van der Waals surface area contributed by atoms with E-state index in [1.165, 1.54) is 24.7 Å². The molecule has 1 saturated heterocycles. The normalized spacial score (nSPS) is 20.5. The highest BCUT2D eigenvalue weighted by Gasteiger charge is 2.35. The van der Waals surface area contributed by atoms with Gasteiger partial charge >= 0.3 is 0 Å². The lowest BCUT2D eigenvalue weighted by atomic mass is 9.92. The number of H-pyrrole nitrogens is 1. The fourth-order valence-electron chi connectivity index (χ4n) is 4.36. The summed E-state index contributed by atoms with van der Waals surface area (Å²) in [5, 5.41) is 5.64. The molecule has 1 atom stereocenters. The lowest BCUT2D eigenvalue weighted by molar-refractivity contribution is -0.124. The van der Waals surface area contributed by atoms with Gasteiger partial charge in [-0.3, -0.25) is 14.4 Å². The molecule has 1 aliphatic carbocycles. The molecule has 1 aliphatic heterocycles. The Bertz CT molecular complexity index is 1340. The van der Waals surface area contributed by atoms with E-state index >= 15 is 0 Å². The molecule has 0 bridgehead atoms. The summed E-state index contributed by atoms with van der Waals surface area (Å²) in [5.41, 5.74) is -0.0147. The van der Waals surface area contributed by atoms with E-state index < -0.39 is 23.7 Å². The van der Waals surface area contributed by atoms with Crippen LogP contribution in [0.25, 0.3) is 11.0 Å². The third-order valence-electron chi connectivity index (χ3n) is 6.31. The lowest BCUT2D eigenvalue weighted by Gasteiger charge is -2.29. The molecule has 4 heterocycles. The monoisotopic (exact) mass is 518 g/mol. The van der Waals surface area contributed by atoms with E-state index in [4.69, 9.17) is 0 Å². The van der Waals surface area contributed by atoms with Gasteiger partial charge in [0.15, 0.2) is 17.6 Å². The topological polar surface area (TPSA) is 130 Å². The number of pyridine rings is 1. The van der Waals surface area contributed by atoms with E-state index in [1.807, 2.05) is 0 Å². The van der Waals surface area contributed by atoms with Crippen molar-refractivity contribution in [3.63, 3.8) is 0 Å². The van der Waals surface area contributed by atoms with Crippen molar-refractivity contribution >= 4 is 51.1 Å². The van der Waals surface area contributed by atoms with Crippen LogP contribution in [0.15, 0.2) is 24.7 Å². The molecule has 1 saturated carbocycles. The molecule has 36 heavy (non-hydrogen) atoms. The van der Waals surface area contributed by atoms with Crippen LogP contribution in [0.3, 0.4) is 0 Å². The largest absolute Gasteiger partial charge is 0.367 e. The molecule has 3 aromatic rings. The minimum absolute atomic E-state index is 0.0346. The van der Waals surface area contributed by atoms with Crippen LogP contribution in [-0.4, -0.2) is 60.4 Å². The van der Waals surface area contributed by atoms with Gasteiger partial charge in [0.2, 0.25) is 17.0 Å².